The SMILES string of the molecule is COc1ccc(COCc2nn3cccc(CO)c3c2C(=O)O)cc1. The van der Waals surface area contributed by atoms with Crippen LogP contribution < -0.4 is 4.74 Å². The minimum absolute atomic E-state index is 0.0550. The Kier molecular flexibility index (Phi) is 4.97. The summed E-state index contributed by atoms with van der Waals surface area (Å²) >= 11 is 0. The topological polar surface area (TPSA) is 93.3 Å². The lowest BCUT2D eigenvalue weighted by Gasteiger charge is -2.05. The molecule has 0 radical (unpaired) electrons. The molecule has 2 heterocycles. The molecule has 7 heteroatoms. The Morgan fingerprint density at radius 3 is 2.60 bits per heavy atom. The van der Waals surface area contributed by atoms with Gasteiger partial charge in [0.1, 0.15) is 17.0 Å². The third kappa shape index (κ3) is 3.47. The van der Waals surface area contributed by atoms with Gasteiger partial charge in [0.15, 0.2) is 0 Å². The first-order valence-electron chi connectivity index (χ1n) is 7.68. The second-order valence-corrected chi connectivity index (χ2v) is 5.45. The van der Waals surface area contributed by atoms with Gasteiger partial charge in [0.2, 0.25) is 0 Å². The van der Waals surface area contributed by atoms with E-state index in [1.165, 1.54) is 4.52 Å². The van der Waals surface area contributed by atoms with Gasteiger partial charge in [-0.25, -0.2) is 9.31 Å². The van der Waals surface area contributed by atoms with Gasteiger partial charge < -0.3 is 19.7 Å². The van der Waals surface area contributed by atoms with Crippen LogP contribution in [0.15, 0.2) is 42.6 Å². The number of pyridine rings is 1. The molecule has 0 amide bonds. The fourth-order valence-corrected chi connectivity index (χ4v) is 2.66. The van der Waals surface area contributed by atoms with Gasteiger partial charge in [0.05, 0.1) is 32.4 Å². The Morgan fingerprint density at radius 1 is 1.20 bits per heavy atom. The van der Waals surface area contributed by atoms with Crippen molar-refractivity contribution in [2.75, 3.05) is 7.11 Å². The summed E-state index contributed by atoms with van der Waals surface area (Å²) in [5.74, 6) is -0.340. The number of hydrogen-bond donors (Lipinski definition) is 2. The van der Waals surface area contributed by atoms with Crippen LogP contribution in [0.1, 0.15) is 27.2 Å². The summed E-state index contributed by atoms with van der Waals surface area (Å²) < 4.78 is 12.2. The minimum Gasteiger partial charge on any atom is -0.497 e. The first kappa shape index (κ1) is 16.9. The van der Waals surface area contributed by atoms with Crippen LogP contribution in [0, 0.1) is 0 Å². The average molecular weight is 342 g/mol. The largest absolute Gasteiger partial charge is 0.497 e. The molecule has 0 saturated heterocycles. The standard InChI is InChI=1S/C18H18N2O5/c1-24-14-6-4-12(5-7-14)10-25-11-15-16(18(22)23)17-13(9-21)3-2-8-20(17)19-15/h2-8,21H,9-11H2,1H3,(H,22,23). The highest BCUT2D eigenvalue weighted by Gasteiger charge is 2.21. The molecule has 0 saturated carbocycles. The van der Waals surface area contributed by atoms with Crippen LogP contribution in [0.25, 0.3) is 5.52 Å². The summed E-state index contributed by atoms with van der Waals surface area (Å²) in [6.45, 7) is 0.118. The molecule has 1 aromatic carbocycles. The fourth-order valence-electron chi connectivity index (χ4n) is 2.66. The van der Waals surface area contributed by atoms with Crippen LogP contribution in [-0.2, 0) is 24.6 Å². The molecule has 0 spiro atoms. The van der Waals surface area contributed by atoms with Gasteiger partial charge in [-0.3, -0.25) is 0 Å². The Morgan fingerprint density at radius 2 is 1.96 bits per heavy atom. The number of ether oxygens (including phenoxy) is 2. The average Bonchev–Trinajstić information content (AvgIpc) is 3.00. The number of fused-ring (bicyclic) bond motifs is 1. The summed E-state index contributed by atoms with van der Waals surface area (Å²) in [6, 6.07) is 10.8. The van der Waals surface area contributed by atoms with Crippen molar-refractivity contribution < 1.29 is 24.5 Å². The number of aromatic carboxylic acids is 1. The summed E-state index contributed by atoms with van der Waals surface area (Å²) in [4.78, 5) is 11.7. The molecule has 25 heavy (non-hydrogen) atoms. The van der Waals surface area contributed by atoms with Crippen LogP contribution >= 0.6 is 0 Å². The van der Waals surface area contributed by atoms with Crippen molar-refractivity contribution in [2.45, 2.75) is 19.8 Å². The number of rotatable bonds is 7. The van der Waals surface area contributed by atoms with E-state index in [1.807, 2.05) is 24.3 Å². The number of carbonyl (C=O) groups is 1. The Bertz CT molecular complexity index is 886. The summed E-state index contributed by atoms with van der Waals surface area (Å²) in [6.07, 6.45) is 1.65. The van der Waals surface area contributed by atoms with Crippen molar-refractivity contribution in [3.05, 3.63) is 65.0 Å². The van der Waals surface area contributed by atoms with Crippen LogP contribution in [-0.4, -0.2) is 32.9 Å². The van der Waals surface area contributed by atoms with Crippen LogP contribution in [0.3, 0.4) is 0 Å². The number of hydrogen-bond acceptors (Lipinski definition) is 5. The highest BCUT2D eigenvalue weighted by molar-refractivity contribution is 5.97. The number of benzene rings is 1. The molecule has 7 nitrogen and oxygen atoms in total. The first-order valence-corrected chi connectivity index (χ1v) is 7.68. The Hall–Kier alpha value is -2.90. The van der Waals surface area contributed by atoms with E-state index < -0.39 is 5.97 Å². The maximum absolute atomic E-state index is 11.7. The van der Waals surface area contributed by atoms with Gasteiger partial charge in [-0.1, -0.05) is 18.2 Å². The van der Waals surface area contributed by atoms with E-state index >= 15 is 0 Å². The molecule has 0 aliphatic carbocycles. The predicted molar refractivity (Wildman–Crippen MR) is 89.6 cm³/mol. The number of aliphatic hydroxyl groups is 1. The van der Waals surface area contributed by atoms with Crippen molar-refractivity contribution >= 4 is 11.5 Å². The molecule has 0 unspecified atom stereocenters. The van der Waals surface area contributed by atoms with E-state index in [1.54, 1.807) is 25.4 Å². The van der Waals surface area contributed by atoms with Crippen molar-refractivity contribution in [1.82, 2.24) is 9.61 Å². The van der Waals surface area contributed by atoms with Crippen molar-refractivity contribution in [3.8, 4) is 5.75 Å². The maximum atomic E-state index is 11.7. The number of carboxylic acids is 1. The molecule has 0 atom stereocenters. The predicted octanol–water partition coefficient (Wildman–Crippen LogP) is 2.25. The number of carboxylic acid groups (broad SMARTS) is 1. The normalized spacial score (nSPS) is 11.0. The van der Waals surface area contributed by atoms with Gasteiger partial charge in [-0.2, -0.15) is 5.10 Å². The summed E-state index contributed by atoms with van der Waals surface area (Å²) in [5.41, 5.74) is 2.22. The van der Waals surface area contributed by atoms with E-state index in [2.05, 4.69) is 5.10 Å². The van der Waals surface area contributed by atoms with Gasteiger partial charge in [0.25, 0.3) is 0 Å². The molecule has 0 fully saturated rings. The molecular formula is C18H18N2O5. The number of nitrogens with zero attached hydrogens (tertiary/aromatic N) is 2. The van der Waals surface area contributed by atoms with Gasteiger partial charge >= 0.3 is 5.97 Å². The fraction of sp³-hybridized carbons (Fsp3) is 0.222. The van der Waals surface area contributed by atoms with E-state index in [0.29, 0.717) is 23.4 Å². The lowest BCUT2D eigenvalue weighted by molar-refractivity contribution is 0.0685. The van der Waals surface area contributed by atoms with Gasteiger partial charge in [0, 0.05) is 11.8 Å². The molecule has 0 bridgehead atoms. The zero-order chi connectivity index (χ0) is 17.8. The lowest BCUT2D eigenvalue weighted by Crippen LogP contribution is -2.04. The molecule has 3 aromatic rings. The third-order valence-electron chi connectivity index (χ3n) is 3.86. The number of aliphatic hydroxyl groups excluding tert-OH is 1. The molecule has 2 N–H and O–H groups in total. The van der Waals surface area contributed by atoms with Crippen LogP contribution in [0.2, 0.25) is 0 Å². The third-order valence-corrected chi connectivity index (χ3v) is 3.86. The molecule has 130 valence electrons. The zero-order valence-electron chi connectivity index (χ0n) is 13.7. The quantitative estimate of drug-likeness (QED) is 0.684. The van der Waals surface area contributed by atoms with E-state index in [-0.39, 0.29) is 18.8 Å². The highest BCUT2D eigenvalue weighted by atomic mass is 16.5. The monoisotopic (exact) mass is 342 g/mol. The van der Waals surface area contributed by atoms with E-state index in [0.717, 1.165) is 11.3 Å². The summed E-state index contributed by atoms with van der Waals surface area (Å²) in [7, 11) is 1.60. The van der Waals surface area contributed by atoms with E-state index in [4.69, 9.17) is 9.47 Å². The molecule has 2 aromatic heterocycles. The molecule has 3 rings (SSSR count). The number of aromatic nitrogens is 2. The van der Waals surface area contributed by atoms with E-state index in [9.17, 15) is 15.0 Å². The molecule has 0 aliphatic rings. The lowest BCUT2D eigenvalue weighted by atomic mass is 10.1. The maximum Gasteiger partial charge on any atom is 0.339 e. The smallest absolute Gasteiger partial charge is 0.339 e. The Balaban J connectivity index is 1.81. The van der Waals surface area contributed by atoms with Gasteiger partial charge in [-0.05, 0) is 23.8 Å². The van der Waals surface area contributed by atoms with Crippen LogP contribution in [0.5, 0.6) is 5.75 Å². The van der Waals surface area contributed by atoms with Crippen molar-refractivity contribution in [1.29, 1.82) is 0 Å². The Labute approximate surface area is 144 Å². The van der Waals surface area contributed by atoms with Crippen molar-refractivity contribution in [2.24, 2.45) is 0 Å². The highest BCUT2D eigenvalue weighted by Crippen LogP contribution is 2.21. The minimum atomic E-state index is -1.10. The van der Waals surface area contributed by atoms with Gasteiger partial charge in [-0.15, -0.1) is 0 Å². The first-order chi connectivity index (χ1) is 12.1. The van der Waals surface area contributed by atoms with Crippen LogP contribution in [0.4, 0.5) is 0 Å². The second kappa shape index (κ2) is 7.33. The van der Waals surface area contributed by atoms with Crippen molar-refractivity contribution in [3.63, 3.8) is 0 Å². The molecular weight excluding hydrogens is 324 g/mol. The molecule has 0 aliphatic heterocycles. The second-order valence-electron chi connectivity index (χ2n) is 5.45. The summed E-state index contributed by atoms with van der Waals surface area (Å²) in [5, 5.41) is 23.3. The zero-order valence-corrected chi connectivity index (χ0v) is 13.7. The number of methoxy groups -OCH3 is 1.